The molecule has 3 aromatic carbocycles. The molecule has 9 heteroatoms. The van der Waals surface area contributed by atoms with Gasteiger partial charge in [0.2, 0.25) is 0 Å². The molecule has 5 aromatic rings. The summed E-state index contributed by atoms with van der Waals surface area (Å²) in [6.45, 7) is 0. The maximum atomic E-state index is 11.0. The number of aromatic nitrogens is 4. The predicted molar refractivity (Wildman–Crippen MR) is 130 cm³/mol. The van der Waals surface area contributed by atoms with Crippen LogP contribution in [0.1, 0.15) is 11.4 Å². The monoisotopic (exact) mass is 466 g/mol. The summed E-state index contributed by atoms with van der Waals surface area (Å²) in [5, 5.41) is 26.2. The number of rotatable bonds is 5. The van der Waals surface area contributed by atoms with Crippen molar-refractivity contribution in [2.75, 3.05) is 0 Å². The summed E-state index contributed by atoms with van der Waals surface area (Å²) in [6.07, 6.45) is 3.49. The van der Waals surface area contributed by atoms with Crippen LogP contribution in [0, 0.1) is 21.4 Å². The molecular formula is C25H15ClN6O2. The molecule has 0 amide bonds. The second kappa shape index (κ2) is 8.65. The average Bonchev–Trinajstić information content (AvgIpc) is 3.47. The Morgan fingerprint density at radius 3 is 2.50 bits per heavy atom. The summed E-state index contributed by atoms with van der Waals surface area (Å²) in [5.74, 6) is 0.453. The third kappa shape index (κ3) is 4.03. The van der Waals surface area contributed by atoms with Crippen molar-refractivity contribution in [2.45, 2.75) is 0 Å². The van der Waals surface area contributed by atoms with E-state index in [9.17, 15) is 15.4 Å². The predicted octanol–water partition coefficient (Wildman–Crippen LogP) is 6.04. The van der Waals surface area contributed by atoms with Crippen molar-refractivity contribution < 1.29 is 4.92 Å². The highest BCUT2D eigenvalue weighted by Crippen LogP contribution is 2.29. The number of hydrogen-bond donors (Lipinski definition) is 1. The van der Waals surface area contributed by atoms with E-state index in [-0.39, 0.29) is 5.69 Å². The van der Waals surface area contributed by atoms with Gasteiger partial charge in [-0.15, -0.1) is 0 Å². The molecule has 0 radical (unpaired) electrons. The van der Waals surface area contributed by atoms with Crippen LogP contribution >= 0.6 is 11.6 Å². The molecule has 1 N–H and O–H groups in total. The standard InChI is InChI=1S/C25H15ClN6O2/c26-19-7-5-16(6-8-19)24-18(15-31(30-24)20-9-11-21(12-10-20)32(33)34)13-17(14-27)25-28-22-3-1-2-4-23(22)29-25/h1-13,15H,(H,28,29)/b17-13+. The van der Waals surface area contributed by atoms with Gasteiger partial charge in [0.15, 0.2) is 0 Å². The lowest BCUT2D eigenvalue weighted by molar-refractivity contribution is -0.384. The summed E-state index contributed by atoms with van der Waals surface area (Å²) >= 11 is 6.06. The van der Waals surface area contributed by atoms with E-state index in [1.54, 1.807) is 41.2 Å². The van der Waals surface area contributed by atoms with Gasteiger partial charge in [0.1, 0.15) is 11.9 Å². The Morgan fingerprint density at radius 2 is 1.82 bits per heavy atom. The van der Waals surface area contributed by atoms with Gasteiger partial charge >= 0.3 is 0 Å². The molecule has 0 aliphatic carbocycles. The van der Waals surface area contributed by atoms with E-state index in [4.69, 9.17) is 16.7 Å². The fraction of sp³-hybridized carbons (Fsp3) is 0. The summed E-state index contributed by atoms with van der Waals surface area (Å²) < 4.78 is 1.62. The Labute approximate surface area is 198 Å². The Morgan fingerprint density at radius 1 is 1.09 bits per heavy atom. The Balaban J connectivity index is 1.64. The number of hydrogen-bond acceptors (Lipinski definition) is 5. The van der Waals surface area contributed by atoms with Crippen molar-refractivity contribution >= 4 is 40.0 Å². The lowest BCUT2D eigenvalue weighted by Crippen LogP contribution is -1.95. The smallest absolute Gasteiger partial charge is 0.269 e. The van der Waals surface area contributed by atoms with Crippen molar-refractivity contribution in [3.63, 3.8) is 0 Å². The number of H-pyrrole nitrogens is 1. The van der Waals surface area contributed by atoms with E-state index in [0.29, 0.717) is 33.4 Å². The molecule has 0 fully saturated rings. The maximum Gasteiger partial charge on any atom is 0.269 e. The van der Waals surface area contributed by atoms with Crippen LogP contribution < -0.4 is 0 Å². The number of imidazole rings is 1. The highest BCUT2D eigenvalue weighted by molar-refractivity contribution is 6.30. The zero-order chi connectivity index (χ0) is 23.7. The van der Waals surface area contributed by atoms with Crippen LogP contribution in [0.4, 0.5) is 5.69 Å². The summed E-state index contributed by atoms with van der Waals surface area (Å²) in [7, 11) is 0. The van der Waals surface area contributed by atoms with Gasteiger partial charge < -0.3 is 4.98 Å². The van der Waals surface area contributed by atoms with E-state index in [2.05, 4.69) is 16.0 Å². The summed E-state index contributed by atoms with van der Waals surface area (Å²) in [5.41, 5.74) is 4.68. The van der Waals surface area contributed by atoms with E-state index in [0.717, 1.165) is 16.6 Å². The number of nitrogens with zero attached hydrogens (tertiary/aromatic N) is 5. The van der Waals surface area contributed by atoms with Crippen LogP contribution in [0.3, 0.4) is 0 Å². The third-order valence-electron chi connectivity index (χ3n) is 5.25. The largest absolute Gasteiger partial charge is 0.337 e. The van der Waals surface area contributed by atoms with Crippen molar-refractivity contribution in [1.82, 2.24) is 19.7 Å². The first-order chi connectivity index (χ1) is 16.5. The molecule has 0 saturated carbocycles. The van der Waals surface area contributed by atoms with Gasteiger partial charge in [-0.3, -0.25) is 10.1 Å². The lowest BCUT2D eigenvalue weighted by Gasteiger charge is -2.01. The van der Waals surface area contributed by atoms with Crippen LogP contribution in [0.5, 0.6) is 0 Å². The number of para-hydroxylation sites is 2. The topological polar surface area (TPSA) is 113 Å². The molecule has 164 valence electrons. The van der Waals surface area contributed by atoms with E-state index in [1.165, 1.54) is 12.1 Å². The van der Waals surface area contributed by atoms with Gasteiger partial charge in [0, 0.05) is 34.5 Å². The molecule has 0 atom stereocenters. The molecule has 34 heavy (non-hydrogen) atoms. The van der Waals surface area contributed by atoms with Gasteiger partial charge in [-0.05, 0) is 42.5 Å². The number of fused-ring (bicyclic) bond motifs is 1. The Hall–Kier alpha value is -4.74. The minimum atomic E-state index is -0.452. The average molecular weight is 467 g/mol. The number of nitriles is 1. The molecule has 8 nitrogen and oxygen atoms in total. The molecule has 0 unspecified atom stereocenters. The number of nitro groups is 1. The first kappa shape index (κ1) is 21.1. The quantitative estimate of drug-likeness (QED) is 0.192. The van der Waals surface area contributed by atoms with Gasteiger partial charge in [0.25, 0.3) is 5.69 Å². The molecule has 0 aliphatic rings. The summed E-state index contributed by atoms with van der Waals surface area (Å²) in [4.78, 5) is 18.3. The highest BCUT2D eigenvalue weighted by Gasteiger charge is 2.15. The zero-order valence-corrected chi connectivity index (χ0v) is 18.3. The minimum absolute atomic E-state index is 0.00870. The molecule has 0 bridgehead atoms. The molecular weight excluding hydrogens is 452 g/mol. The first-order valence-electron chi connectivity index (χ1n) is 10.2. The van der Waals surface area contributed by atoms with E-state index < -0.39 is 4.92 Å². The van der Waals surface area contributed by atoms with Gasteiger partial charge in [0.05, 0.1) is 32.9 Å². The molecule has 2 heterocycles. The van der Waals surface area contributed by atoms with Crippen LogP contribution in [0.25, 0.3) is 39.6 Å². The third-order valence-corrected chi connectivity index (χ3v) is 5.50. The van der Waals surface area contributed by atoms with Gasteiger partial charge in [-0.1, -0.05) is 35.9 Å². The first-order valence-corrected chi connectivity index (χ1v) is 10.6. The number of non-ortho nitro benzene ring substituents is 1. The number of nitrogens with one attached hydrogen (secondary N) is 1. The van der Waals surface area contributed by atoms with Crippen LogP contribution in [-0.2, 0) is 0 Å². The SMILES string of the molecule is N#C/C(=C\c1cn(-c2ccc([N+](=O)[O-])cc2)nc1-c1ccc(Cl)cc1)c1nc2ccccc2[nH]1. The van der Waals surface area contributed by atoms with Crippen LogP contribution in [0.2, 0.25) is 5.02 Å². The fourth-order valence-electron chi connectivity index (χ4n) is 3.57. The highest BCUT2D eigenvalue weighted by atomic mass is 35.5. The van der Waals surface area contributed by atoms with E-state index >= 15 is 0 Å². The molecule has 0 saturated heterocycles. The number of aromatic amines is 1. The van der Waals surface area contributed by atoms with E-state index in [1.807, 2.05) is 36.4 Å². The molecule has 0 aliphatic heterocycles. The number of benzene rings is 3. The second-order valence-electron chi connectivity index (χ2n) is 7.43. The number of allylic oxidation sites excluding steroid dienone is 1. The van der Waals surface area contributed by atoms with Crippen molar-refractivity contribution in [3.8, 4) is 23.0 Å². The van der Waals surface area contributed by atoms with Crippen LogP contribution in [-0.4, -0.2) is 24.7 Å². The van der Waals surface area contributed by atoms with Crippen molar-refractivity contribution in [3.05, 3.63) is 106 Å². The minimum Gasteiger partial charge on any atom is -0.337 e. The maximum absolute atomic E-state index is 11.0. The summed E-state index contributed by atoms with van der Waals surface area (Å²) in [6, 6.07) is 23.1. The van der Waals surface area contributed by atoms with Crippen molar-refractivity contribution in [1.29, 1.82) is 5.26 Å². The molecule has 0 spiro atoms. The molecule has 5 rings (SSSR count). The zero-order valence-electron chi connectivity index (χ0n) is 17.5. The van der Waals surface area contributed by atoms with Gasteiger partial charge in [-0.25, -0.2) is 9.67 Å². The molecule has 2 aromatic heterocycles. The number of nitro benzene ring substituents is 1. The lowest BCUT2D eigenvalue weighted by atomic mass is 10.1. The normalized spacial score (nSPS) is 11.5. The number of halogens is 1. The van der Waals surface area contributed by atoms with Gasteiger partial charge in [-0.2, -0.15) is 10.4 Å². The second-order valence-corrected chi connectivity index (χ2v) is 7.87. The Bertz CT molecular complexity index is 1560. The fourth-order valence-corrected chi connectivity index (χ4v) is 3.70. The van der Waals surface area contributed by atoms with Crippen LogP contribution in [0.15, 0.2) is 79.0 Å². The Kier molecular flexibility index (Phi) is 5.38. The van der Waals surface area contributed by atoms with Crippen molar-refractivity contribution in [2.24, 2.45) is 0 Å².